The lowest BCUT2D eigenvalue weighted by molar-refractivity contribution is -0.600. The van der Waals surface area contributed by atoms with Crippen LogP contribution in [0.25, 0.3) is 0 Å². The Labute approximate surface area is 364 Å². The minimum absolute atomic E-state index is 0.658. The fourth-order valence-electron chi connectivity index (χ4n) is 3.48. The molecule has 0 bridgehead atoms. The average molecular weight is 1210 g/mol. The van der Waals surface area contributed by atoms with E-state index in [2.05, 4.69) is 4.74 Å². The monoisotopic (exact) mass is 1210 g/mol. The number of ether oxygens (including phenoxy) is 6. The minimum Gasteiger partial charge on any atom is -0.371 e. The fourth-order valence-corrected chi connectivity index (χ4v) is 3.48. The summed E-state index contributed by atoms with van der Waals surface area (Å²) in [6.45, 7) is -7.24. The van der Waals surface area contributed by atoms with Crippen molar-refractivity contribution in [2.75, 3.05) is 13.2 Å². The van der Waals surface area contributed by atoms with Gasteiger partial charge in [0.2, 0.25) is 0 Å². The van der Waals surface area contributed by atoms with Gasteiger partial charge in [0.15, 0.2) is 5.83 Å². The maximum Gasteiger partial charge on any atom is 0.462 e. The first-order valence-corrected chi connectivity index (χ1v) is 15.3. The number of halogens is 43. The van der Waals surface area contributed by atoms with Gasteiger partial charge in [0.05, 0.1) is 6.61 Å². The maximum absolute atomic E-state index is 14.8. The molecule has 0 aliphatic carbocycles. The molecular formula is C24H5F43O6. The minimum atomic E-state index is -9.75. The molecule has 438 valence electrons. The summed E-state index contributed by atoms with van der Waals surface area (Å²) in [6, 6.07) is 0. The van der Waals surface area contributed by atoms with E-state index in [9.17, 15) is 189 Å². The van der Waals surface area contributed by atoms with Crippen molar-refractivity contribution in [2.24, 2.45) is 0 Å². The van der Waals surface area contributed by atoms with E-state index in [-0.39, 0.29) is 0 Å². The highest BCUT2D eigenvalue weighted by atomic mass is 19.5. The second-order valence-corrected chi connectivity index (χ2v) is 12.5. The van der Waals surface area contributed by atoms with Crippen molar-refractivity contribution in [1.29, 1.82) is 0 Å². The van der Waals surface area contributed by atoms with Crippen LogP contribution in [0.1, 0.15) is 0 Å². The van der Waals surface area contributed by atoms with E-state index in [1.807, 2.05) is 0 Å². The maximum atomic E-state index is 14.8. The molecule has 0 saturated carbocycles. The van der Waals surface area contributed by atoms with Gasteiger partial charge in [-0.25, -0.2) is 4.39 Å². The first-order valence-electron chi connectivity index (χ1n) is 15.3. The zero-order valence-electron chi connectivity index (χ0n) is 31.2. The molecule has 0 aromatic heterocycles. The normalized spacial score (nSPS) is 20.2. The average Bonchev–Trinajstić information content (AvgIpc) is 3.08. The van der Waals surface area contributed by atoms with E-state index < -0.39 is 146 Å². The SMILES string of the molecule is F/C(=C/COCC(F)(OC(F)(F)C(F)(OC(F)(F)C(F)(OC(F)(F)C(F)(OC(F)(F)C(F)(OC(F)(F)C(F)(F)C(F)(F)F)C(F)(F)F)C(F)(F)F)C(F)(F)F)C(F)(F)F)C(F)(F)F)C(F)(F)C(F)(F)C(F)(F)F. The summed E-state index contributed by atoms with van der Waals surface area (Å²) in [5.41, 5.74) is 0. The van der Waals surface area contributed by atoms with Gasteiger partial charge in [0, 0.05) is 0 Å². The van der Waals surface area contributed by atoms with E-state index in [4.69, 9.17) is 0 Å². The second kappa shape index (κ2) is 18.9. The van der Waals surface area contributed by atoms with Crippen LogP contribution in [0, 0.1) is 0 Å². The quantitative estimate of drug-likeness (QED) is 0.0843. The van der Waals surface area contributed by atoms with Crippen molar-refractivity contribution in [3.63, 3.8) is 0 Å². The zero-order chi connectivity index (χ0) is 59.9. The van der Waals surface area contributed by atoms with Gasteiger partial charge in [-0.1, -0.05) is 0 Å². The Morgan fingerprint density at radius 3 is 0.726 bits per heavy atom. The van der Waals surface area contributed by atoms with Gasteiger partial charge in [0.1, 0.15) is 6.61 Å². The number of hydrogen-bond acceptors (Lipinski definition) is 6. The Hall–Kier alpha value is -3.51. The molecule has 49 heteroatoms. The van der Waals surface area contributed by atoms with Gasteiger partial charge in [0.25, 0.3) is 0 Å². The van der Waals surface area contributed by atoms with Crippen molar-refractivity contribution in [1.82, 2.24) is 0 Å². The van der Waals surface area contributed by atoms with Crippen LogP contribution in [0.5, 0.6) is 0 Å². The highest BCUT2D eigenvalue weighted by Gasteiger charge is 2.91. The third-order valence-electron chi connectivity index (χ3n) is 7.18. The molecule has 5 unspecified atom stereocenters. The predicted molar refractivity (Wildman–Crippen MR) is 127 cm³/mol. The Morgan fingerprint density at radius 2 is 0.507 bits per heavy atom. The second-order valence-electron chi connectivity index (χ2n) is 12.5. The lowest BCUT2D eigenvalue weighted by Gasteiger charge is -2.44. The Balaban J connectivity index is 7.86. The van der Waals surface area contributed by atoms with Gasteiger partial charge in [-0.2, -0.15) is 184 Å². The van der Waals surface area contributed by atoms with Crippen LogP contribution in [0.3, 0.4) is 0 Å². The molecule has 0 rings (SSSR count). The number of rotatable bonds is 21. The van der Waals surface area contributed by atoms with Crippen LogP contribution >= 0.6 is 0 Å². The summed E-state index contributed by atoms with van der Waals surface area (Å²) in [4.78, 5) is 0. The van der Waals surface area contributed by atoms with Crippen molar-refractivity contribution in [3.05, 3.63) is 11.9 Å². The molecule has 0 spiro atoms. The lowest BCUT2D eigenvalue weighted by Crippen LogP contribution is -2.73. The lowest BCUT2D eigenvalue weighted by atomic mass is 10.1. The highest BCUT2D eigenvalue weighted by molar-refractivity contribution is 5.13. The van der Waals surface area contributed by atoms with Crippen molar-refractivity contribution in [2.45, 2.75) is 121 Å². The van der Waals surface area contributed by atoms with Gasteiger partial charge >= 0.3 is 121 Å². The molecule has 6 nitrogen and oxygen atoms in total. The van der Waals surface area contributed by atoms with Crippen molar-refractivity contribution >= 4 is 0 Å². The summed E-state index contributed by atoms with van der Waals surface area (Å²) in [5, 5.41) is 0. The number of allylic oxidation sites excluding steroid dienone is 1. The van der Waals surface area contributed by atoms with E-state index in [1.54, 1.807) is 0 Å². The Kier molecular flexibility index (Phi) is 18.0. The Morgan fingerprint density at radius 1 is 0.274 bits per heavy atom. The van der Waals surface area contributed by atoms with Gasteiger partial charge in [-0.05, 0) is 6.08 Å². The van der Waals surface area contributed by atoms with Crippen molar-refractivity contribution < 1.29 is 217 Å². The number of alkyl halides is 42. The molecule has 0 aromatic carbocycles. The molecule has 0 aliphatic rings. The highest BCUT2D eigenvalue weighted by Crippen LogP contribution is 2.62. The van der Waals surface area contributed by atoms with Crippen LogP contribution in [-0.2, 0) is 28.4 Å². The predicted octanol–water partition coefficient (Wildman–Crippen LogP) is 14.1. The summed E-state index contributed by atoms with van der Waals surface area (Å²) >= 11 is 0. The fraction of sp³-hybridized carbons (Fsp3) is 0.917. The standard InChI is InChI=1S/C24H5F43O6/c25-4(6(27,28)7(29,30)14(40,41)42)1-2-68-3-5(26,13(37,38)39)69-21(60,61)9(33,16(46,47)48)71-23(64,65)11(35,18(52,53)54)73-24(66,67)12(36,19(55,56)57)72-22(62,63)10(34,17(49,50)51)70-20(58,59)8(31,32)15(43,44)45/h1H,2-3H2/b4-1+. The number of hydrogen-bond donors (Lipinski definition) is 0. The molecule has 73 heavy (non-hydrogen) atoms. The molecule has 0 N–H and O–H groups in total. The topological polar surface area (TPSA) is 55.4 Å². The molecule has 0 amide bonds. The third kappa shape index (κ3) is 12.2. The molecule has 0 heterocycles. The smallest absolute Gasteiger partial charge is 0.371 e. The molecule has 0 aromatic rings. The third-order valence-corrected chi connectivity index (χ3v) is 7.18. The van der Waals surface area contributed by atoms with Crippen LogP contribution in [0.4, 0.5) is 189 Å². The van der Waals surface area contributed by atoms with Gasteiger partial charge in [-0.15, -0.1) is 0 Å². The van der Waals surface area contributed by atoms with E-state index in [0.717, 1.165) is 9.47 Å². The van der Waals surface area contributed by atoms with Crippen LogP contribution in [0.2, 0.25) is 0 Å². The first kappa shape index (κ1) is 69.5. The summed E-state index contributed by atoms with van der Waals surface area (Å²) < 4.78 is 586. The summed E-state index contributed by atoms with van der Waals surface area (Å²) in [7, 11) is 0. The van der Waals surface area contributed by atoms with Gasteiger partial charge < -0.3 is 4.74 Å². The first-order chi connectivity index (χ1) is 30.9. The molecule has 0 fully saturated rings. The largest absolute Gasteiger partial charge is 0.462 e. The van der Waals surface area contributed by atoms with E-state index in [0.29, 0.717) is 9.47 Å². The summed E-state index contributed by atoms with van der Waals surface area (Å²) in [5.74, 6) is -73.3. The Bertz CT molecular complexity index is 1920. The van der Waals surface area contributed by atoms with Crippen molar-refractivity contribution in [3.8, 4) is 0 Å². The van der Waals surface area contributed by atoms with Gasteiger partial charge in [-0.3, -0.25) is 23.7 Å². The van der Waals surface area contributed by atoms with E-state index >= 15 is 0 Å². The molecule has 0 aliphatic heterocycles. The van der Waals surface area contributed by atoms with E-state index in [1.165, 1.54) is 4.74 Å². The van der Waals surface area contributed by atoms with Crippen LogP contribution in [-0.4, -0.2) is 134 Å². The van der Waals surface area contributed by atoms with Crippen LogP contribution in [0.15, 0.2) is 11.9 Å². The molecule has 0 saturated heterocycles. The molecule has 5 atom stereocenters. The van der Waals surface area contributed by atoms with Crippen LogP contribution < -0.4 is 0 Å². The zero-order valence-corrected chi connectivity index (χ0v) is 31.2. The summed E-state index contributed by atoms with van der Waals surface area (Å²) in [6.07, 6.45) is -109. The molecule has 0 radical (unpaired) electrons. The molecular weight excluding hydrogens is 1200 g/mol.